The maximum Gasteiger partial charge on any atom is 0.268 e. The summed E-state index contributed by atoms with van der Waals surface area (Å²) < 4.78 is 0.223. The highest BCUT2D eigenvalue weighted by Crippen LogP contribution is 2.14. The largest absolute Gasteiger partial charge is 0.492 e. The maximum atomic E-state index is 10.9. The molecule has 1 rings (SSSR count). The van der Waals surface area contributed by atoms with Crippen LogP contribution in [-0.4, -0.2) is 21.3 Å². The SMILES string of the molecule is CSc1nc(O)c(I)c(=O)[nH]1. The lowest BCUT2D eigenvalue weighted by atomic mass is 10.6. The first-order valence-electron chi connectivity index (χ1n) is 2.68. The number of halogens is 1. The molecule has 0 aliphatic heterocycles. The van der Waals surface area contributed by atoms with Gasteiger partial charge in [0.15, 0.2) is 5.16 Å². The molecule has 0 fully saturated rings. The van der Waals surface area contributed by atoms with E-state index < -0.39 is 0 Å². The van der Waals surface area contributed by atoms with E-state index in [0.29, 0.717) is 5.16 Å². The van der Waals surface area contributed by atoms with Crippen molar-refractivity contribution in [2.24, 2.45) is 0 Å². The van der Waals surface area contributed by atoms with E-state index >= 15 is 0 Å². The minimum atomic E-state index is -0.303. The highest BCUT2D eigenvalue weighted by atomic mass is 127. The Labute approximate surface area is 80.6 Å². The first-order valence-corrected chi connectivity index (χ1v) is 4.98. The van der Waals surface area contributed by atoms with Gasteiger partial charge in [0, 0.05) is 0 Å². The molecule has 0 atom stereocenters. The van der Waals surface area contributed by atoms with Crippen LogP contribution >= 0.6 is 34.4 Å². The fourth-order valence-electron chi connectivity index (χ4n) is 0.523. The Balaban J connectivity index is 3.32. The predicted molar refractivity (Wildman–Crippen MR) is 51.0 cm³/mol. The lowest BCUT2D eigenvalue weighted by molar-refractivity contribution is 0.439. The molecule has 0 unspecified atom stereocenters. The highest BCUT2D eigenvalue weighted by Gasteiger charge is 2.05. The third-order valence-electron chi connectivity index (χ3n) is 1.02. The number of hydrogen-bond donors (Lipinski definition) is 2. The molecule has 6 heteroatoms. The third-order valence-corrected chi connectivity index (χ3v) is 2.57. The zero-order valence-corrected chi connectivity index (χ0v) is 8.56. The molecule has 0 bridgehead atoms. The van der Waals surface area contributed by atoms with Crippen molar-refractivity contribution in [2.75, 3.05) is 6.26 Å². The third kappa shape index (κ3) is 1.86. The fraction of sp³-hybridized carbons (Fsp3) is 0.200. The molecule has 0 aromatic carbocycles. The highest BCUT2D eigenvalue weighted by molar-refractivity contribution is 14.1. The number of nitrogens with zero attached hydrogens (tertiary/aromatic N) is 1. The average Bonchev–Trinajstić information content (AvgIpc) is 1.99. The van der Waals surface area contributed by atoms with Crippen LogP contribution in [0.4, 0.5) is 0 Å². The second-order valence-corrected chi connectivity index (χ2v) is 3.59. The van der Waals surface area contributed by atoms with E-state index in [1.54, 1.807) is 28.8 Å². The van der Waals surface area contributed by atoms with Crippen LogP contribution in [0.2, 0.25) is 0 Å². The quantitative estimate of drug-likeness (QED) is 0.455. The first-order chi connectivity index (χ1) is 5.15. The number of aromatic nitrogens is 2. The molecule has 0 saturated carbocycles. The first kappa shape index (κ1) is 8.85. The summed E-state index contributed by atoms with van der Waals surface area (Å²) in [5.74, 6) is -0.210. The van der Waals surface area contributed by atoms with E-state index in [2.05, 4.69) is 9.97 Å². The van der Waals surface area contributed by atoms with Crippen LogP contribution in [0.1, 0.15) is 0 Å². The molecule has 0 aliphatic carbocycles. The Kier molecular flexibility index (Phi) is 2.77. The average molecular weight is 284 g/mol. The fourth-order valence-corrected chi connectivity index (χ4v) is 1.15. The molecule has 1 heterocycles. The Morgan fingerprint density at radius 2 is 2.36 bits per heavy atom. The second-order valence-electron chi connectivity index (χ2n) is 1.71. The molecule has 4 nitrogen and oxygen atoms in total. The van der Waals surface area contributed by atoms with Crippen LogP contribution < -0.4 is 5.56 Å². The van der Waals surface area contributed by atoms with Gasteiger partial charge in [0.1, 0.15) is 3.57 Å². The lowest BCUT2D eigenvalue weighted by Crippen LogP contribution is -2.11. The van der Waals surface area contributed by atoms with Crippen molar-refractivity contribution in [2.45, 2.75) is 5.16 Å². The molecule has 0 amide bonds. The van der Waals surface area contributed by atoms with E-state index in [1.807, 2.05) is 0 Å². The molecule has 60 valence electrons. The summed E-state index contributed by atoms with van der Waals surface area (Å²) in [5.41, 5.74) is -0.303. The summed E-state index contributed by atoms with van der Waals surface area (Å²) in [5, 5.41) is 9.48. The van der Waals surface area contributed by atoms with Crippen molar-refractivity contribution in [3.05, 3.63) is 13.9 Å². The van der Waals surface area contributed by atoms with E-state index in [-0.39, 0.29) is 15.0 Å². The molecule has 11 heavy (non-hydrogen) atoms. The van der Waals surface area contributed by atoms with Crippen LogP contribution in [0.25, 0.3) is 0 Å². The van der Waals surface area contributed by atoms with Gasteiger partial charge in [0.2, 0.25) is 5.88 Å². The van der Waals surface area contributed by atoms with Gasteiger partial charge >= 0.3 is 0 Å². The number of aromatic amines is 1. The standard InChI is InChI=1S/C5H5IN2O2S/c1-11-5-7-3(9)2(6)4(10)8-5/h1H3,(H2,7,8,9,10). The van der Waals surface area contributed by atoms with Crippen molar-refractivity contribution in [1.29, 1.82) is 0 Å². The van der Waals surface area contributed by atoms with Gasteiger partial charge in [-0.15, -0.1) is 0 Å². The molecular weight excluding hydrogens is 279 g/mol. The zero-order chi connectivity index (χ0) is 8.43. The Morgan fingerprint density at radius 3 is 2.82 bits per heavy atom. The minimum Gasteiger partial charge on any atom is -0.492 e. The monoisotopic (exact) mass is 284 g/mol. The van der Waals surface area contributed by atoms with E-state index in [9.17, 15) is 4.79 Å². The summed E-state index contributed by atoms with van der Waals surface area (Å²) >= 11 is 3.01. The van der Waals surface area contributed by atoms with Crippen molar-refractivity contribution in [3.63, 3.8) is 0 Å². The molecule has 0 radical (unpaired) electrons. The molecule has 0 spiro atoms. The van der Waals surface area contributed by atoms with E-state index in [0.717, 1.165) is 0 Å². The van der Waals surface area contributed by atoms with Gasteiger partial charge in [0.25, 0.3) is 5.56 Å². The lowest BCUT2D eigenvalue weighted by Gasteiger charge is -1.96. The van der Waals surface area contributed by atoms with E-state index in [4.69, 9.17) is 5.11 Å². The summed E-state index contributed by atoms with van der Waals surface area (Å²) in [6, 6.07) is 0. The summed E-state index contributed by atoms with van der Waals surface area (Å²) in [4.78, 5) is 17.1. The number of thioether (sulfide) groups is 1. The number of nitrogens with one attached hydrogen (secondary N) is 1. The summed E-state index contributed by atoms with van der Waals surface area (Å²) in [6.07, 6.45) is 1.77. The summed E-state index contributed by atoms with van der Waals surface area (Å²) in [7, 11) is 0. The molecule has 0 aliphatic rings. The van der Waals surface area contributed by atoms with Crippen LogP contribution in [0, 0.1) is 3.57 Å². The van der Waals surface area contributed by atoms with Gasteiger partial charge < -0.3 is 10.1 Å². The molecule has 0 saturated heterocycles. The molecular formula is C5H5IN2O2S. The van der Waals surface area contributed by atoms with Crippen LogP contribution in [0.15, 0.2) is 9.95 Å². The number of rotatable bonds is 1. The minimum absolute atomic E-state index is 0.210. The topological polar surface area (TPSA) is 66.0 Å². The maximum absolute atomic E-state index is 10.9. The van der Waals surface area contributed by atoms with Gasteiger partial charge in [0.05, 0.1) is 0 Å². The second kappa shape index (κ2) is 3.44. The molecule has 1 aromatic rings. The Bertz CT molecular complexity index is 325. The van der Waals surface area contributed by atoms with Gasteiger partial charge in [-0.25, -0.2) is 0 Å². The van der Waals surface area contributed by atoms with Crippen molar-refractivity contribution >= 4 is 34.4 Å². The van der Waals surface area contributed by atoms with Gasteiger partial charge in [-0.1, -0.05) is 11.8 Å². The van der Waals surface area contributed by atoms with Crippen LogP contribution in [0.5, 0.6) is 5.88 Å². The van der Waals surface area contributed by atoms with E-state index in [1.165, 1.54) is 11.8 Å². The van der Waals surface area contributed by atoms with Gasteiger partial charge in [-0.3, -0.25) is 4.79 Å². The number of H-pyrrole nitrogens is 1. The van der Waals surface area contributed by atoms with Crippen LogP contribution in [-0.2, 0) is 0 Å². The Morgan fingerprint density at radius 1 is 1.73 bits per heavy atom. The van der Waals surface area contributed by atoms with Crippen molar-refractivity contribution in [3.8, 4) is 5.88 Å². The van der Waals surface area contributed by atoms with Crippen LogP contribution in [0.3, 0.4) is 0 Å². The number of aromatic hydroxyl groups is 1. The van der Waals surface area contributed by atoms with Crippen molar-refractivity contribution < 1.29 is 5.11 Å². The van der Waals surface area contributed by atoms with Gasteiger partial charge in [-0.2, -0.15) is 4.98 Å². The molecule has 2 N–H and O–H groups in total. The zero-order valence-electron chi connectivity index (χ0n) is 5.59. The van der Waals surface area contributed by atoms with Crippen molar-refractivity contribution in [1.82, 2.24) is 9.97 Å². The summed E-state index contributed by atoms with van der Waals surface area (Å²) in [6.45, 7) is 0. The smallest absolute Gasteiger partial charge is 0.268 e. The Hall–Kier alpha value is -0.240. The normalized spacial score (nSPS) is 10.0. The number of hydrogen-bond acceptors (Lipinski definition) is 4. The molecule has 1 aromatic heterocycles. The van der Waals surface area contributed by atoms with Gasteiger partial charge in [-0.05, 0) is 28.8 Å². The predicted octanol–water partition coefficient (Wildman–Crippen LogP) is 0.802.